The van der Waals surface area contributed by atoms with Crippen LogP contribution in [-0.2, 0) is 12.8 Å². The van der Waals surface area contributed by atoms with Crippen LogP contribution in [0.15, 0.2) is 66.7 Å². The quantitative estimate of drug-likeness (QED) is 0.519. The lowest BCUT2D eigenvalue weighted by atomic mass is 9.94. The van der Waals surface area contributed by atoms with Gasteiger partial charge in [0.2, 0.25) is 0 Å². The number of aryl methyl sites for hydroxylation is 3. The molecule has 3 aromatic rings. The lowest BCUT2D eigenvalue weighted by Crippen LogP contribution is -1.87. The Kier molecular flexibility index (Phi) is 4.62. The SMILES string of the molecule is CCc1ccc(-c2ccc(-c3ccc(CC)cc3)c(C)c2)cc1. The Morgan fingerprint density at radius 1 is 0.565 bits per heavy atom. The van der Waals surface area contributed by atoms with Gasteiger partial charge in [0.05, 0.1) is 0 Å². The summed E-state index contributed by atoms with van der Waals surface area (Å²) in [4.78, 5) is 0. The second kappa shape index (κ2) is 6.83. The van der Waals surface area contributed by atoms with Gasteiger partial charge in [0.15, 0.2) is 0 Å². The molecule has 23 heavy (non-hydrogen) atoms. The van der Waals surface area contributed by atoms with Crippen molar-refractivity contribution in [2.75, 3.05) is 0 Å². The maximum absolute atomic E-state index is 2.30. The highest BCUT2D eigenvalue weighted by molar-refractivity contribution is 5.73. The van der Waals surface area contributed by atoms with Crippen molar-refractivity contribution >= 4 is 0 Å². The first kappa shape index (κ1) is 15.6. The Bertz CT molecular complexity index is 777. The van der Waals surface area contributed by atoms with Crippen LogP contribution < -0.4 is 0 Å². The minimum Gasteiger partial charge on any atom is -0.0613 e. The van der Waals surface area contributed by atoms with Crippen LogP contribution in [0.2, 0.25) is 0 Å². The molecule has 0 heteroatoms. The largest absolute Gasteiger partial charge is 0.0613 e. The molecule has 0 bridgehead atoms. The van der Waals surface area contributed by atoms with Gasteiger partial charge in [0.1, 0.15) is 0 Å². The second-order valence-electron chi connectivity index (χ2n) is 6.13. The van der Waals surface area contributed by atoms with Crippen molar-refractivity contribution in [2.45, 2.75) is 33.6 Å². The molecule has 0 N–H and O–H groups in total. The predicted octanol–water partition coefficient (Wildman–Crippen LogP) is 6.45. The average molecular weight is 300 g/mol. The van der Waals surface area contributed by atoms with Crippen LogP contribution in [0.25, 0.3) is 22.3 Å². The third kappa shape index (κ3) is 3.37. The molecule has 0 saturated heterocycles. The molecular formula is C23H24. The van der Waals surface area contributed by atoms with E-state index in [1.165, 1.54) is 38.9 Å². The molecule has 0 amide bonds. The zero-order valence-electron chi connectivity index (χ0n) is 14.3. The van der Waals surface area contributed by atoms with Crippen molar-refractivity contribution in [3.8, 4) is 22.3 Å². The molecule has 0 nitrogen and oxygen atoms in total. The van der Waals surface area contributed by atoms with E-state index in [2.05, 4.69) is 87.5 Å². The molecule has 3 aromatic carbocycles. The lowest BCUT2D eigenvalue weighted by Gasteiger charge is -2.10. The standard InChI is InChI=1S/C23H24/c1-4-18-6-10-20(11-7-18)22-14-15-23(17(3)16-22)21-12-8-19(5-2)9-13-21/h6-16H,4-5H2,1-3H3. The summed E-state index contributed by atoms with van der Waals surface area (Å²) in [5, 5.41) is 0. The molecule has 3 rings (SSSR count). The van der Waals surface area contributed by atoms with E-state index in [0.717, 1.165) is 12.8 Å². The van der Waals surface area contributed by atoms with Gasteiger partial charge >= 0.3 is 0 Å². The van der Waals surface area contributed by atoms with Crippen LogP contribution in [-0.4, -0.2) is 0 Å². The molecule has 0 atom stereocenters. The lowest BCUT2D eigenvalue weighted by molar-refractivity contribution is 1.14. The van der Waals surface area contributed by atoms with Gasteiger partial charge in [-0.3, -0.25) is 0 Å². The normalized spacial score (nSPS) is 10.7. The fourth-order valence-corrected chi connectivity index (χ4v) is 3.02. The van der Waals surface area contributed by atoms with Gasteiger partial charge in [-0.1, -0.05) is 80.6 Å². The van der Waals surface area contributed by atoms with Crippen LogP contribution in [0, 0.1) is 6.92 Å². The Balaban J connectivity index is 1.92. The van der Waals surface area contributed by atoms with E-state index >= 15 is 0 Å². The summed E-state index contributed by atoms with van der Waals surface area (Å²) in [6.07, 6.45) is 2.18. The summed E-state index contributed by atoms with van der Waals surface area (Å²) < 4.78 is 0. The van der Waals surface area contributed by atoms with Crippen molar-refractivity contribution in [1.82, 2.24) is 0 Å². The summed E-state index contributed by atoms with van der Waals surface area (Å²) in [7, 11) is 0. The van der Waals surface area contributed by atoms with Gasteiger partial charge in [-0.25, -0.2) is 0 Å². The van der Waals surface area contributed by atoms with Gasteiger partial charge in [-0.05, 0) is 58.7 Å². The number of hydrogen-bond acceptors (Lipinski definition) is 0. The molecule has 0 aromatic heterocycles. The first-order chi connectivity index (χ1) is 11.2. The Labute approximate surface area is 139 Å². The summed E-state index contributed by atoms with van der Waals surface area (Å²) in [6, 6.07) is 24.6. The topological polar surface area (TPSA) is 0 Å². The predicted molar refractivity (Wildman–Crippen MR) is 101 cm³/mol. The Morgan fingerprint density at radius 3 is 1.52 bits per heavy atom. The van der Waals surface area contributed by atoms with Crippen LogP contribution in [0.1, 0.15) is 30.5 Å². The second-order valence-corrected chi connectivity index (χ2v) is 6.13. The van der Waals surface area contributed by atoms with Crippen LogP contribution in [0.5, 0.6) is 0 Å². The van der Waals surface area contributed by atoms with Gasteiger partial charge in [-0.15, -0.1) is 0 Å². The van der Waals surface area contributed by atoms with E-state index in [1.807, 2.05) is 0 Å². The highest BCUT2D eigenvalue weighted by atomic mass is 14.1. The van der Waals surface area contributed by atoms with Gasteiger partial charge in [0, 0.05) is 0 Å². The van der Waals surface area contributed by atoms with Crippen molar-refractivity contribution in [1.29, 1.82) is 0 Å². The highest BCUT2D eigenvalue weighted by Crippen LogP contribution is 2.29. The number of benzene rings is 3. The molecule has 0 unspecified atom stereocenters. The maximum Gasteiger partial charge on any atom is -0.0154 e. The molecule has 0 saturated carbocycles. The van der Waals surface area contributed by atoms with Crippen molar-refractivity contribution in [2.24, 2.45) is 0 Å². The monoisotopic (exact) mass is 300 g/mol. The summed E-state index contributed by atoms with van der Waals surface area (Å²) in [5.41, 5.74) is 9.30. The van der Waals surface area contributed by atoms with Crippen molar-refractivity contribution < 1.29 is 0 Å². The fourth-order valence-electron chi connectivity index (χ4n) is 3.02. The molecule has 0 radical (unpaired) electrons. The minimum atomic E-state index is 1.09. The Morgan fingerprint density at radius 2 is 1.04 bits per heavy atom. The summed E-state index contributed by atoms with van der Waals surface area (Å²) in [5.74, 6) is 0. The van der Waals surface area contributed by atoms with E-state index in [1.54, 1.807) is 0 Å². The van der Waals surface area contributed by atoms with Gasteiger partial charge in [0.25, 0.3) is 0 Å². The first-order valence-corrected chi connectivity index (χ1v) is 8.50. The fraction of sp³-hybridized carbons (Fsp3) is 0.217. The summed E-state index contributed by atoms with van der Waals surface area (Å²) >= 11 is 0. The van der Waals surface area contributed by atoms with Crippen molar-refractivity contribution in [3.63, 3.8) is 0 Å². The van der Waals surface area contributed by atoms with Gasteiger partial charge in [-0.2, -0.15) is 0 Å². The zero-order valence-corrected chi connectivity index (χ0v) is 14.3. The highest BCUT2D eigenvalue weighted by Gasteiger charge is 2.05. The summed E-state index contributed by atoms with van der Waals surface area (Å²) in [6.45, 7) is 6.59. The third-order valence-corrected chi connectivity index (χ3v) is 4.60. The molecular weight excluding hydrogens is 276 g/mol. The van der Waals surface area contributed by atoms with E-state index < -0.39 is 0 Å². The van der Waals surface area contributed by atoms with Crippen LogP contribution in [0.3, 0.4) is 0 Å². The van der Waals surface area contributed by atoms with E-state index in [9.17, 15) is 0 Å². The molecule has 0 aliphatic rings. The molecule has 116 valence electrons. The van der Waals surface area contributed by atoms with Crippen LogP contribution in [0.4, 0.5) is 0 Å². The van der Waals surface area contributed by atoms with Crippen LogP contribution >= 0.6 is 0 Å². The van der Waals surface area contributed by atoms with E-state index in [-0.39, 0.29) is 0 Å². The smallest absolute Gasteiger partial charge is 0.0154 e. The third-order valence-electron chi connectivity index (χ3n) is 4.60. The van der Waals surface area contributed by atoms with E-state index in [4.69, 9.17) is 0 Å². The average Bonchev–Trinajstić information content (AvgIpc) is 2.62. The maximum atomic E-state index is 2.30. The Hall–Kier alpha value is -2.34. The number of rotatable bonds is 4. The molecule has 0 fully saturated rings. The van der Waals surface area contributed by atoms with Gasteiger partial charge < -0.3 is 0 Å². The molecule has 0 spiro atoms. The zero-order chi connectivity index (χ0) is 16.2. The molecule has 0 aliphatic heterocycles. The van der Waals surface area contributed by atoms with E-state index in [0.29, 0.717) is 0 Å². The molecule has 0 aliphatic carbocycles. The van der Waals surface area contributed by atoms with Crippen molar-refractivity contribution in [3.05, 3.63) is 83.4 Å². The first-order valence-electron chi connectivity index (χ1n) is 8.50. The number of hydrogen-bond donors (Lipinski definition) is 0. The minimum absolute atomic E-state index is 1.09. The molecule has 0 heterocycles.